The molecule has 2 aromatic rings. The predicted molar refractivity (Wildman–Crippen MR) is 99.2 cm³/mol. The van der Waals surface area contributed by atoms with E-state index in [1.807, 2.05) is 40.5 Å². The molecule has 3 aliphatic heterocycles. The fraction of sp³-hybridized carbons (Fsp3) is 0.450. The van der Waals surface area contributed by atoms with E-state index in [2.05, 4.69) is 22.4 Å². The summed E-state index contributed by atoms with van der Waals surface area (Å²) >= 11 is 1.82. The van der Waals surface area contributed by atoms with Gasteiger partial charge in [-0.15, -0.1) is 11.3 Å². The molecule has 1 aromatic carbocycles. The molecular weight excluding hydrogens is 332 g/mol. The van der Waals surface area contributed by atoms with Crippen LogP contribution in [0.4, 0.5) is 5.69 Å². The quantitative estimate of drug-likeness (QED) is 0.843. The number of hydrogen-bond acceptors (Lipinski definition) is 4. The summed E-state index contributed by atoms with van der Waals surface area (Å²) < 4.78 is 5.35. The van der Waals surface area contributed by atoms with Crippen LogP contribution in [0.5, 0.6) is 5.75 Å². The highest BCUT2D eigenvalue weighted by Gasteiger charge is 2.65. The number of nitrogens with zero attached hydrogens (tertiary/aromatic N) is 2. The molecule has 5 rings (SSSR count). The second kappa shape index (κ2) is 5.58. The van der Waals surface area contributed by atoms with E-state index in [9.17, 15) is 4.79 Å². The molecular formula is C20H22N2O2S. The average molecular weight is 354 g/mol. The fourth-order valence-corrected chi connectivity index (χ4v) is 6.10. The van der Waals surface area contributed by atoms with Crippen LogP contribution < -0.4 is 9.64 Å². The third-order valence-electron chi connectivity index (χ3n) is 6.28. The Labute approximate surface area is 152 Å². The molecule has 0 saturated carbocycles. The standard InChI is InChI=1S/C20H22N2O2S/c1-24-16-6-2-5-15(12-16)21-13-14-11-17(18-7-3-10-25-18)22-9-4-8-20(14,22)19(21)23/h2-3,5-7,10,12,14,17H,4,8-9,11,13H2,1H3/t14-,17-,20-/m0/s1. The highest BCUT2D eigenvalue weighted by molar-refractivity contribution is 7.10. The lowest BCUT2D eigenvalue weighted by atomic mass is 9.85. The zero-order chi connectivity index (χ0) is 17.0. The monoisotopic (exact) mass is 354 g/mol. The first-order valence-electron chi connectivity index (χ1n) is 9.00. The van der Waals surface area contributed by atoms with Crippen LogP contribution in [0.2, 0.25) is 0 Å². The molecule has 1 spiro atoms. The van der Waals surface area contributed by atoms with Crippen LogP contribution >= 0.6 is 11.3 Å². The minimum absolute atomic E-state index is 0.280. The van der Waals surface area contributed by atoms with Gasteiger partial charge in [0.2, 0.25) is 5.91 Å². The molecule has 3 aliphatic rings. The summed E-state index contributed by atoms with van der Waals surface area (Å²) in [6.45, 7) is 1.86. The minimum atomic E-state index is -0.280. The van der Waals surface area contributed by atoms with E-state index in [0.717, 1.165) is 43.8 Å². The Morgan fingerprint density at radius 3 is 3.00 bits per heavy atom. The number of thiophene rings is 1. The third-order valence-corrected chi connectivity index (χ3v) is 7.26. The van der Waals surface area contributed by atoms with Crippen molar-refractivity contribution in [2.45, 2.75) is 30.8 Å². The Kier molecular flexibility index (Phi) is 3.44. The topological polar surface area (TPSA) is 32.8 Å². The van der Waals surface area contributed by atoms with Gasteiger partial charge in [0.05, 0.1) is 7.11 Å². The number of rotatable bonds is 3. The van der Waals surface area contributed by atoms with E-state index < -0.39 is 0 Å². The van der Waals surface area contributed by atoms with Gasteiger partial charge in [0, 0.05) is 35.1 Å². The van der Waals surface area contributed by atoms with Gasteiger partial charge in [0.1, 0.15) is 11.3 Å². The van der Waals surface area contributed by atoms with Gasteiger partial charge in [-0.05, 0) is 49.4 Å². The van der Waals surface area contributed by atoms with Crippen LogP contribution in [0.15, 0.2) is 41.8 Å². The molecule has 0 aliphatic carbocycles. The van der Waals surface area contributed by atoms with Gasteiger partial charge in [0.15, 0.2) is 0 Å². The van der Waals surface area contributed by atoms with Gasteiger partial charge in [-0.25, -0.2) is 0 Å². The first-order chi connectivity index (χ1) is 12.2. The zero-order valence-corrected chi connectivity index (χ0v) is 15.2. The number of hydrogen-bond donors (Lipinski definition) is 0. The molecule has 1 amide bonds. The van der Waals surface area contributed by atoms with Gasteiger partial charge in [-0.1, -0.05) is 12.1 Å². The first-order valence-corrected chi connectivity index (χ1v) is 9.88. The van der Waals surface area contributed by atoms with Crippen molar-refractivity contribution >= 4 is 22.9 Å². The first kappa shape index (κ1) is 15.4. The molecule has 4 nitrogen and oxygen atoms in total. The third kappa shape index (κ3) is 2.06. The summed E-state index contributed by atoms with van der Waals surface area (Å²) in [7, 11) is 1.67. The second-order valence-corrected chi connectivity index (χ2v) is 8.28. The summed E-state index contributed by atoms with van der Waals surface area (Å²) in [4.78, 5) is 19.5. The maximum atomic E-state index is 13.6. The van der Waals surface area contributed by atoms with Crippen molar-refractivity contribution in [2.75, 3.05) is 25.1 Å². The van der Waals surface area contributed by atoms with Crippen molar-refractivity contribution in [3.8, 4) is 5.75 Å². The van der Waals surface area contributed by atoms with E-state index in [1.54, 1.807) is 7.11 Å². The number of anilines is 1. The maximum absolute atomic E-state index is 13.6. The van der Waals surface area contributed by atoms with Crippen molar-refractivity contribution < 1.29 is 9.53 Å². The number of carbonyl (C=O) groups excluding carboxylic acids is 1. The fourth-order valence-electron chi connectivity index (χ4n) is 5.24. The lowest BCUT2D eigenvalue weighted by Crippen LogP contribution is -2.49. The number of methoxy groups -OCH3 is 1. The Balaban J connectivity index is 1.50. The number of ether oxygens (including phenoxy) is 1. The number of benzene rings is 1. The van der Waals surface area contributed by atoms with E-state index >= 15 is 0 Å². The molecule has 0 unspecified atom stereocenters. The minimum Gasteiger partial charge on any atom is -0.497 e. The lowest BCUT2D eigenvalue weighted by Gasteiger charge is -2.33. The number of carbonyl (C=O) groups is 1. The Hall–Kier alpha value is -1.85. The summed E-state index contributed by atoms with van der Waals surface area (Å²) in [6, 6.07) is 12.7. The largest absolute Gasteiger partial charge is 0.497 e. The van der Waals surface area contributed by atoms with E-state index in [0.29, 0.717) is 17.9 Å². The molecule has 0 bridgehead atoms. The molecule has 130 valence electrons. The van der Waals surface area contributed by atoms with Crippen LogP contribution in [0.25, 0.3) is 0 Å². The molecule has 0 N–H and O–H groups in total. The SMILES string of the molecule is COc1cccc(N2C[C@@H]3C[C@@H](c4cccs4)N4CCC[C@@]34C2=O)c1. The van der Waals surface area contributed by atoms with Gasteiger partial charge in [0.25, 0.3) is 0 Å². The van der Waals surface area contributed by atoms with Gasteiger partial charge in [-0.2, -0.15) is 0 Å². The summed E-state index contributed by atoms with van der Waals surface area (Å²) in [6.07, 6.45) is 3.21. The molecule has 5 heteroatoms. The molecule has 3 saturated heterocycles. The normalized spacial score (nSPS) is 31.4. The molecule has 25 heavy (non-hydrogen) atoms. The Bertz CT molecular complexity index is 806. The zero-order valence-electron chi connectivity index (χ0n) is 14.4. The van der Waals surface area contributed by atoms with Crippen molar-refractivity contribution in [3.05, 3.63) is 46.7 Å². The highest BCUT2D eigenvalue weighted by Crippen LogP contribution is 2.57. The van der Waals surface area contributed by atoms with E-state index in [4.69, 9.17) is 4.74 Å². The lowest BCUT2D eigenvalue weighted by molar-refractivity contribution is -0.126. The predicted octanol–water partition coefficient (Wildman–Crippen LogP) is 3.70. The smallest absolute Gasteiger partial charge is 0.247 e. The Morgan fingerprint density at radius 1 is 1.28 bits per heavy atom. The summed E-state index contributed by atoms with van der Waals surface area (Å²) in [5.41, 5.74) is 0.685. The van der Waals surface area contributed by atoms with Crippen LogP contribution in [0, 0.1) is 5.92 Å². The second-order valence-electron chi connectivity index (χ2n) is 7.30. The van der Waals surface area contributed by atoms with Crippen molar-refractivity contribution in [1.29, 1.82) is 0 Å². The van der Waals surface area contributed by atoms with Gasteiger partial charge in [-0.3, -0.25) is 9.69 Å². The molecule has 0 radical (unpaired) electrons. The molecule has 3 atom stereocenters. The molecule has 1 aromatic heterocycles. The van der Waals surface area contributed by atoms with Gasteiger partial charge >= 0.3 is 0 Å². The summed E-state index contributed by atoms with van der Waals surface area (Å²) in [5, 5.41) is 2.15. The maximum Gasteiger partial charge on any atom is 0.247 e. The molecule has 4 heterocycles. The van der Waals surface area contributed by atoms with Crippen molar-refractivity contribution in [1.82, 2.24) is 4.90 Å². The van der Waals surface area contributed by atoms with Crippen LogP contribution in [-0.2, 0) is 4.79 Å². The average Bonchev–Trinajstić information content (AvgIpc) is 3.38. The van der Waals surface area contributed by atoms with E-state index in [1.165, 1.54) is 4.88 Å². The van der Waals surface area contributed by atoms with Crippen LogP contribution in [0.1, 0.15) is 30.2 Å². The molecule has 3 fully saturated rings. The van der Waals surface area contributed by atoms with Crippen LogP contribution in [-0.4, -0.2) is 36.5 Å². The van der Waals surface area contributed by atoms with E-state index in [-0.39, 0.29) is 5.54 Å². The van der Waals surface area contributed by atoms with Gasteiger partial charge < -0.3 is 9.64 Å². The van der Waals surface area contributed by atoms with Crippen LogP contribution in [0.3, 0.4) is 0 Å². The number of amides is 1. The van der Waals surface area contributed by atoms with Crippen molar-refractivity contribution in [3.63, 3.8) is 0 Å². The highest BCUT2D eigenvalue weighted by atomic mass is 32.1. The Morgan fingerprint density at radius 2 is 2.20 bits per heavy atom. The summed E-state index contributed by atoms with van der Waals surface area (Å²) in [5.74, 6) is 1.52. The van der Waals surface area contributed by atoms with Crippen molar-refractivity contribution in [2.24, 2.45) is 5.92 Å².